The van der Waals surface area contributed by atoms with Crippen LogP contribution < -0.4 is 10.6 Å². The molecule has 0 aliphatic heterocycles. The first-order chi connectivity index (χ1) is 9.35. The summed E-state index contributed by atoms with van der Waals surface area (Å²) in [6.45, 7) is 8.57. The minimum Gasteiger partial charge on any atom is -0.368 e. The third-order valence-corrected chi connectivity index (χ3v) is 4.15. The van der Waals surface area contributed by atoms with Gasteiger partial charge in [-0.2, -0.15) is 0 Å². The van der Waals surface area contributed by atoms with Gasteiger partial charge in [-0.15, -0.1) is 0 Å². The Morgan fingerprint density at radius 1 is 1.25 bits per heavy atom. The summed E-state index contributed by atoms with van der Waals surface area (Å²) >= 11 is 3.68. The number of hydrogen-bond donors (Lipinski definition) is 1. The molecule has 1 aromatic rings. The van der Waals surface area contributed by atoms with Gasteiger partial charge in [0.2, 0.25) is 0 Å². The van der Waals surface area contributed by atoms with Crippen LogP contribution in [0.25, 0.3) is 0 Å². The largest absolute Gasteiger partial charge is 0.368 e. The molecule has 2 atom stereocenters. The van der Waals surface area contributed by atoms with E-state index in [-0.39, 0.29) is 6.04 Å². The van der Waals surface area contributed by atoms with E-state index >= 15 is 0 Å². The third-order valence-electron chi connectivity index (χ3n) is 3.41. The van der Waals surface area contributed by atoms with Crippen molar-refractivity contribution in [2.24, 2.45) is 5.73 Å². The lowest BCUT2D eigenvalue weighted by Crippen LogP contribution is -2.40. The van der Waals surface area contributed by atoms with Gasteiger partial charge >= 0.3 is 0 Å². The fraction of sp³-hybridized carbons (Fsp3) is 0.625. The van der Waals surface area contributed by atoms with Gasteiger partial charge in [0.05, 0.1) is 0 Å². The molecule has 2 N–H and O–H groups in total. The van der Waals surface area contributed by atoms with Crippen LogP contribution in [-0.4, -0.2) is 44.2 Å². The van der Waals surface area contributed by atoms with Crippen molar-refractivity contribution in [1.82, 2.24) is 4.90 Å². The van der Waals surface area contributed by atoms with Crippen molar-refractivity contribution in [3.05, 3.63) is 28.2 Å². The molecule has 2 unspecified atom stereocenters. The second kappa shape index (κ2) is 8.01. The number of nitrogens with zero attached hydrogens (tertiary/aromatic N) is 2. The SMILES string of the molecule is CCN(c1ccc(CC(C)N)c(Br)c1)C(C)CN(C)C. The summed E-state index contributed by atoms with van der Waals surface area (Å²) in [5, 5.41) is 0. The van der Waals surface area contributed by atoms with Crippen LogP contribution in [0, 0.1) is 0 Å². The molecule has 0 radical (unpaired) electrons. The highest BCUT2D eigenvalue weighted by Gasteiger charge is 2.15. The molecule has 0 fully saturated rings. The number of anilines is 1. The highest BCUT2D eigenvalue weighted by molar-refractivity contribution is 9.10. The zero-order chi connectivity index (χ0) is 15.3. The van der Waals surface area contributed by atoms with Crippen molar-refractivity contribution in [1.29, 1.82) is 0 Å². The van der Waals surface area contributed by atoms with E-state index in [1.54, 1.807) is 0 Å². The second-order valence-electron chi connectivity index (χ2n) is 5.85. The second-order valence-corrected chi connectivity index (χ2v) is 6.71. The molecule has 20 heavy (non-hydrogen) atoms. The smallest absolute Gasteiger partial charge is 0.0388 e. The van der Waals surface area contributed by atoms with Crippen LogP contribution in [0.15, 0.2) is 22.7 Å². The van der Waals surface area contributed by atoms with Crippen LogP contribution in [0.4, 0.5) is 5.69 Å². The number of hydrogen-bond acceptors (Lipinski definition) is 3. The van der Waals surface area contributed by atoms with Gasteiger partial charge in [0, 0.05) is 35.3 Å². The lowest BCUT2D eigenvalue weighted by Gasteiger charge is -2.32. The molecule has 0 aromatic heterocycles. The van der Waals surface area contributed by atoms with Gasteiger partial charge in [0.15, 0.2) is 0 Å². The van der Waals surface area contributed by atoms with Crippen LogP contribution in [0.1, 0.15) is 26.3 Å². The summed E-state index contributed by atoms with van der Waals surface area (Å²) < 4.78 is 1.16. The van der Waals surface area contributed by atoms with E-state index in [9.17, 15) is 0 Å². The number of benzene rings is 1. The minimum atomic E-state index is 0.187. The zero-order valence-corrected chi connectivity index (χ0v) is 14.9. The van der Waals surface area contributed by atoms with Gasteiger partial charge in [0.25, 0.3) is 0 Å². The number of nitrogens with two attached hydrogens (primary N) is 1. The molecule has 0 aliphatic carbocycles. The van der Waals surface area contributed by atoms with Crippen molar-refractivity contribution in [2.75, 3.05) is 32.1 Å². The first kappa shape index (κ1) is 17.5. The first-order valence-corrected chi connectivity index (χ1v) is 8.09. The fourth-order valence-corrected chi connectivity index (χ4v) is 3.13. The van der Waals surface area contributed by atoms with Gasteiger partial charge in [0.1, 0.15) is 0 Å². The summed E-state index contributed by atoms with van der Waals surface area (Å²) in [5.74, 6) is 0. The summed E-state index contributed by atoms with van der Waals surface area (Å²) in [7, 11) is 4.23. The Balaban J connectivity index is 2.91. The van der Waals surface area contributed by atoms with E-state index in [1.165, 1.54) is 11.3 Å². The Morgan fingerprint density at radius 2 is 1.90 bits per heavy atom. The highest BCUT2D eigenvalue weighted by Crippen LogP contribution is 2.26. The van der Waals surface area contributed by atoms with Gasteiger partial charge in [-0.3, -0.25) is 0 Å². The molecule has 3 nitrogen and oxygen atoms in total. The molecule has 114 valence electrons. The maximum Gasteiger partial charge on any atom is 0.0388 e. The Kier molecular flexibility index (Phi) is 7.00. The van der Waals surface area contributed by atoms with Crippen molar-refractivity contribution >= 4 is 21.6 Å². The van der Waals surface area contributed by atoms with Gasteiger partial charge in [-0.25, -0.2) is 0 Å². The molecule has 0 amide bonds. The predicted molar refractivity (Wildman–Crippen MR) is 92.5 cm³/mol. The summed E-state index contributed by atoms with van der Waals surface area (Å²) in [6, 6.07) is 7.28. The van der Waals surface area contributed by atoms with Crippen LogP contribution in [-0.2, 0) is 6.42 Å². The van der Waals surface area contributed by atoms with Crippen molar-refractivity contribution in [3.63, 3.8) is 0 Å². The minimum absolute atomic E-state index is 0.187. The zero-order valence-electron chi connectivity index (χ0n) is 13.4. The third kappa shape index (κ3) is 5.08. The monoisotopic (exact) mass is 341 g/mol. The summed E-state index contributed by atoms with van der Waals surface area (Å²) in [5.41, 5.74) is 8.43. The Labute approximate surface area is 132 Å². The van der Waals surface area contributed by atoms with E-state index < -0.39 is 0 Å². The average molecular weight is 342 g/mol. The van der Waals surface area contributed by atoms with E-state index in [0.717, 1.165) is 24.0 Å². The molecule has 0 heterocycles. The average Bonchev–Trinajstić information content (AvgIpc) is 2.32. The lowest BCUT2D eigenvalue weighted by atomic mass is 10.1. The quantitative estimate of drug-likeness (QED) is 0.826. The first-order valence-electron chi connectivity index (χ1n) is 7.30. The number of rotatable bonds is 7. The number of likely N-dealkylation sites (N-methyl/N-ethyl adjacent to an activating group) is 2. The molecule has 0 bridgehead atoms. The Morgan fingerprint density at radius 3 is 2.35 bits per heavy atom. The molecule has 1 aromatic carbocycles. The summed E-state index contributed by atoms with van der Waals surface area (Å²) in [4.78, 5) is 4.66. The molecule has 0 aliphatic rings. The molecule has 0 saturated carbocycles. The van der Waals surface area contributed by atoms with E-state index in [4.69, 9.17) is 5.73 Å². The lowest BCUT2D eigenvalue weighted by molar-refractivity contribution is 0.373. The Hall–Kier alpha value is -0.580. The summed E-state index contributed by atoms with van der Waals surface area (Å²) in [6.07, 6.45) is 0.903. The highest BCUT2D eigenvalue weighted by atomic mass is 79.9. The molecular weight excluding hydrogens is 314 g/mol. The Bertz CT molecular complexity index is 418. The fourth-order valence-electron chi connectivity index (χ4n) is 2.60. The van der Waals surface area contributed by atoms with Crippen molar-refractivity contribution < 1.29 is 0 Å². The topological polar surface area (TPSA) is 32.5 Å². The van der Waals surface area contributed by atoms with E-state index in [2.05, 4.69) is 71.9 Å². The van der Waals surface area contributed by atoms with E-state index in [0.29, 0.717) is 6.04 Å². The predicted octanol–water partition coefficient (Wildman–Crippen LogP) is 3.12. The number of halogens is 1. The van der Waals surface area contributed by atoms with Gasteiger partial charge in [-0.1, -0.05) is 22.0 Å². The van der Waals surface area contributed by atoms with Gasteiger partial charge in [-0.05, 0) is 59.0 Å². The van der Waals surface area contributed by atoms with Crippen LogP contribution in [0.2, 0.25) is 0 Å². The van der Waals surface area contributed by atoms with E-state index in [1.807, 2.05) is 6.92 Å². The molecular formula is C16H28BrN3. The van der Waals surface area contributed by atoms with Crippen LogP contribution >= 0.6 is 15.9 Å². The van der Waals surface area contributed by atoms with Crippen LogP contribution in [0.5, 0.6) is 0 Å². The van der Waals surface area contributed by atoms with Gasteiger partial charge < -0.3 is 15.5 Å². The van der Waals surface area contributed by atoms with Crippen molar-refractivity contribution in [3.8, 4) is 0 Å². The molecule has 1 rings (SSSR count). The molecule has 0 saturated heterocycles. The standard InChI is InChI=1S/C16H28BrN3/c1-6-20(13(3)11-19(4)5)15-8-7-14(9-12(2)18)16(17)10-15/h7-8,10,12-13H,6,9,11,18H2,1-5H3. The maximum atomic E-state index is 5.88. The van der Waals surface area contributed by atoms with Crippen LogP contribution in [0.3, 0.4) is 0 Å². The molecule has 0 spiro atoms. The van der Waals surface area contributed by atoms with Crippen molar-refractivity contribution in [2.45, 2.75) is 39.3 Å². The normalized spacial score (nSPS) is 14.4. The maximum absolute atomic E-state index is 5.88. The molecule has 4 heteroatoms.